The van der Waals surface area contributed by atoms with Gasteiger partial charge in [-0.1, -0.05) is 35.5 Å². The average Bonchev–Trinajstić information content (AvgIpc) is 3.24. The molecule has 1 atom stereocenters. The Morgan fingerprint density at radius 1 is 1.06 bits per heavy atom. The van der Waals surface area contributed by atoms with E-state index in [1.165, 1.54) is 11.8 Å². The normalized spacial score (nSPS) is 11.7. The highest BCUT2D eigenvalue weighted by Gasteiger charge is 2.22. The summed E-state index contributed by atoms with van der Waals surface area (Å²) in [5.74, 6) is 1.08. The molecule has 32 heavy (non-hydrogen) atoms. The number of hydrogen-bond donors (Lipinski definition) is 1. The number of amides is 1. The van der Waals surface area contributed by atoms with Gasteiger partial charge >= 0.3 is 0 Å². The Balaban J connectivity index is 1.64. The largest absolute Gasteiger partial charge is 0.495 e. The van der Waals surface area contributed by atoms with E-state index in [1.54, 1.807) is 43.8 Å². The molecule has 0 spiro atoms. The van der Waals surface area contributed by atoms with Crippen LogP contribution >= 0.6 is 23.4 Å². The second kappa shape index (κ2) is 9.84. The van der Waals surface area contributed by atoms with E-state index in [0.29, 0.717) is 27.4 Å². The van der Waals surface area contributed by atoms with Crippen LogP contribution < -0.4 is 10.1 Å². The summed E-state index contributed by atoms with van der Waals surface area (Å²) in [6, 6.07) is 18.4. The van der Waals surface area contributed by atoms with Gasteiger partial charge < -0.3 is 10.1 Å². The maximum Gasteiger partial charge on any atom is 0.237 e. The summed E-state index contributed by atoms with van der Waals surface area (Å²) in [7, 11) is 1.57. The van der Waals surface area contributed by atoms with Gasteiger partial charge in [0.15, 0.2) is 11.0 Å². The number of pyridine rings is 1. The minimum absolute atomic E-state index is 0.171. The van der Waals surface area contributed by atoms with Crippen molar-refractivity contribution in [2.75, 3.05) is 12.4 Å². The first-order valence-corrected chi connectivity index (χ1v) is 11.0. The predicted molar refractivity (Wildman–Crippen MR) is 127 cm³/mol. The molecule has 0 aliphatic rings. The first-order chi connectivity index (χ1) is 15.6. The van der Waals surface area contributed by atoms with Crippen LogP contribution in [0.3, 0.4) is 0 Å². The maximum absolute atomic E-state index is 12.9. The van der Waals surface area contributed by atoms with Crippen LogP contribution in [0.2, 0.25) is 5.02 Å². The third kappa shape index (κ3) is 4.76. The zero-order valence-electron chi connectivity index (χ0n) is 17.4. The van der Waals surface area contributed by atoms with Crippen LogP contribution in [0.4, 0.5) is 5.69 Å². The smallest absolute Gasteiger partial charge is 0.237 e. The molecular weight excluding hydrogens is 446 g/mol. The van der Waals surface area contributed by atoms with Gasteiger partial charge in [0.2, 0.25) is 5.91 Å². The van der Waals surface area contributed by atoms with Crippen molar-refractivity contribution in [2.24, 2.45) is 0 Å². The lowest BCUT2D eigenvalue weighted by molar-refractivity contribution is -0.115. The molecule has 4 aromatic rings. The highest BCUT2D eigenvalue weighted by molar-refractivity contribution is 8.00. The van der Waals surface area contributed by atoms with Crippen LogP contribution in [0.25, 0.3) is 17.1 Å². The number of anilines is 1. The van der Waals surface area contributed by atoms with E-state index in [9.17, 15) is 4.79 Å². The lowest BCUT2D eigenvalue weighted by Gasteiger charge is -2.15. The van der Waals surface area contributed by atoms with E-state index in [1.807, 2.05) is 47.9 Å². The lowest BCUT2D eigenvalue weighted by Crippen LogP contribution is -2.23. The second-order valence-electron chi connectivity index (χ2n) is 6.80. The van der Waals surface area contributed by atoms with Gasteiger partial charge in [0, 0.05) is 28.7 Å². The van der Waals surface area contributed by atoms with Crippen molar-refractivity contribution >= 4 is 35.0 Å². The van der Waals surface area contributed by atoms with E-state index in [2.05, 4.69) is 20.5 Å². The summed E-state index contributed by atoms with van der Waals surface area (Å²) in [5.41, 5.74) is 2.32. The number of para-hydroxylation sites is 2. The maximum atomic E-state index is 12.9. The van der Waals surface area contributed by atoms with Crippen LogP contribution in [0.5, 0.6) is 5.75 Å². The lowest BCUT2D eigenvalue weighted by atomic mass is 10.2. The van der Waals surface area contributed by atoms with E-state index in [4.69, 9.17) is 16.3 Å². The fourth-order valence-electron chi connectivity index (χ4n) is 3.05. The van der Waals surface area contributed by atoms with Gasteiger partial charge in [0.25, 0.3) is 0 Å². The number of thioether (sulfide) groups is 1. The zero-order valence-corrected chi connectivity index (χ0v) is 19.0. The molecule has 0 radical (unpaired) electrons. The van der Waals surface area contributed by atoms with E-state index < -0.39 is 5.25 Å². The topological polar surface area (TPSA) is 81.9 Å². The minimum atomic E-state index is -0.444. The van der Waals surface area contributed by atoms with Crippen LogP contribution in [0.1, 0.15) is 6.92 Å². The molecule has 0 aliphatic carbocycles. The highest BCUT2D eigenvalue weighted by Crippen LogP contribution is 2.31. The van der Waals surface area contributed by atoms with Crippen LogP contribution in [-0.2, 0) is 4.79 Å². The summed E-state index contributed by atoms with van der Waals surface area (Å²) in [6.07, 6.45) is 3.40. The van der Waals surface area contributed by atoms with Gasteiger partial charge in [-0.15, -0.1) is 10.2 Å². The Morgan fingerprint density at radius 3 is 2.50 bits per heavy atom. The fraction of sp³-hybridized carbons (Fsp3) is 0.130. The summed E-state index contributed by atoms with van der Waals surface area (Å²) in [6.45, 7) is 1.82. The molecule has 7 nitrogen and oxygen atoms in total. The van der Waals surface area contributed by atoms with Crippen molar-refractivity contribution in [3.63, 3.8) is 0 Å². The standard InChI is InChI=1S/C23H20ClN5O2S/c1-15(22(30)26-19-5-3-4-6-20(19)31-2)32-23-28-27-21(16-11-13-25-14-12-16)29(23)18-9-7-17(24)8-10-18/h3-15H,1-2H3,(H,26,30). The minimum Gasteiger partial charge on any atom is -0.495 e. The molecule has 1 amide bonds. The number of nitrogens with zero attached hydrogens (tertiary/aromatic N) is 4. The molecule has 0 bridgehead atoms. The van der Waals surface area contributed by atoms with E-state index in [-0.39, 0.29) is 5.91 Å². The molecule has 0 saturated carbocycles. The molecule has 0 saturated heterocycles. The van der Waals surface area contributed by atoms with Crippen LogP contribution in [0.15, 0.2) is 78.2 Å². The molecule has 162 valence electrons. The van der Waals surface area contributed by atoms with Gasteiger partial charge in [-0.05, 0) is 55.5 Å². The Hall–Kier alpha value is -3.36. The van der Waals surface area contributed by atoms with Gasteiger partial charge in [0.1, 0.15) is 5.75 Å². The Labute approximate surface area is 194 Å². The number of carbonyl (C=O) groups is 1. The number of nitrogens with one attached hydrogen (secondary N) is 1. The third-order valence-electron chi connectivity index (χ3n) is 4.67. The summed E-state index contributed by atoms with van der Waals surface area (Å²) >= 11 is 7.39. The van der Waals surface area contributed by atoms with E-state index >= 15 is 0 Å². The summed E-state index contributed by atoms with van der Waals surface area (Å²) in [5, 5.41) is 12.5. The van der Waals surface area contributed by atoms with Gasteiger partial charge in [-0.2, -0.15) is 0 Å². The molecular formula is C23H20ClN5O2S. The summed E-state index contributed by atoms with van der Waals surface area (Å²) < 4.78 is 7.23. The second-order valence-corrected chi connectivity index (χ2v) is 8.55. The van der Waals surface area contributed by atoms with Crippen molar-refractivity contribution in [1.82, 2.24) is 19.7 Å². The predicted octanol–water partition coefficient (Wildman–Crippen LogP) is 5.11. The number of rotatable bonds is 7. The average molecular weight is 466 g/mol. The molecule has 1 N–H and O–H groups in total. The SMILES string of the molecule is COc1ccccc1NC(=O)C(C)Sc1nnc(-c2ccncc2)n1-c1ccc(Cl)cc1. The fourth-order valence-corrected chi connectivity index (χ4v) is 4.04. The van der Waals surface area contributed by atoms with Crippen LogP contribution in [0, 0.1) is 0 Å². The van der Waals surface area contributed by atoms with Crippen molar-refractivity contribution in [1.29, 1.82) is 0 Å². The zero-order chi connectivity index (χ0) is 22.5. The summed E-state index contributed by atoms with van der Waals surface area (Å²) in [4.78, 5) is 17.0. The van der Waals surface area contributed by atoms with Crippen molar-refractivity contribution < 1.29 is 9.53 Å². The number of carbonyl (C=O) groups excluding carboxylic acids is 1. The van der Waals surface area contributed by atoms with Gasteiger partial charge in [-0.25, -0.2) is 0 Å². The number of ether oxygens (including phenoxy) is 1. The number of hydrogen-bond acceptors (Lipinski definition) is 6. The molecule has 2 heterocycles. The van der Waals surface area contributed by atoms with Crippen molar-refractivity contribution in [2.45, 2.75) is 17.3 Å². The Morgan fingerprint density at radius 2 is 1.78 bits per heavy atom. The van der Waals surface area contributed by atoms with Gasteiger partial charge in [0.05, 0.1) is 18.0 Å². The quantitative estimate of drug-likeness (QED) is 0.382. The molecule has 1 unspecified atom stereocenters. The molecule has 0 aliphatic heterocycles. The molecule has 0 fully saturated rings. The molecule has 4 rings (SSSR count). The number of aromatic nitrogens is 4. The van der Waals surface area contributed by atoms with Crippen molar-refractivity contribution in [3.05, 3.63) is 78.1 Å². The van der Waals surface area contributed by atoms with Crippen LogP contribution in [-0.4, -0.2) is 38.0 Å². The van der Waals surface area contributed by atoms with Gasteiger partial charge in [-0.3, -0.25) is 14.3 Å². The Bertz CT molecular complexity index is 1210. The van der Waals surface area contributed by atoms with E-state index in [0.717, 1.165) is 11.3 Å². The molecule has 2 aromatic heterocycles. The number of benzene rings is 2. The number of halogens is 1. The van der Waals surface area contributed by atoms with Crippen molar-refractivity contribution in [3.8, 4) is 22.8 Å². The third-order valence-corrected chi connectivity index (χ3v) is 5.97. The first kappa shape index (κ1) is 21.9. The number of methoxy groups -OCH3 is 1. The molecule has 9 heteroatoms. The molecule has 2 aromatic carbocycles. The monoisotopic (exact) mass is 465 g/mol. The Kier molecular flexibility index (Phi) is 6.72. The highest BCUT2D eigenvalue weighted by atomic mass is 35.5. The first-order valence-electron chi connectivity index (χ1n) is 9.79.